The lowest BCUT2D eigenvalue weighted by atomic mass is 10.1. The normalized spacial score (nSPS) is 16.3. The zero-order valence-corrected chi connectivity index (χ0v) is 19.0. The van der Waals surface area contributed by atoms with Gasteiger partial charge in [-0.2, -0.15) is 0 Å². The Morgan fingerprint density at radius 2 is 1.91 bits per heavy atom. The Balaban J connectivity index is 1.45. The summed E-state index contributed by atoms with van der Waals surface area (Å²) in [5.74, 6) is 2.43. The molecule has 0 saturated carbocycles. The van der Waals surface area contributed by atoms with Gasteiger partial charge < -0.3 is 25.0 Å². The lowest BCUT2D eigenvalue weighted by Gasteiger charge is -2.21. The van der Waals surface area contributed by atoms with Gasteiger partial charge in [0.25, 0.3) is 0 Å². The second kappa shape index (κ2) is 10.2. The lowest BCUT2D eigenvalue weighted by Crippen LogP contribution is -2.44. The van der Waals surface area contributed by atoms with Gasteiger partial charge in [0.2, 0.25) is 0 Å². The highest BCUT2D eigenvalue weighted by Gasteiger charge is 2.24. The molecule has 7 nitrogen and oxygen atoms in total. The molecule has 4 rings (SSSR count). The largest absolute Gasteiger partial charge is 0.497 e. The summed E-state index contributed by atoms with van der Waals surface area (Å²) in [5, 5.41) is 8.12. The first kappa shape index (κ1) is 21.7. The van der Waals surface area contributed by atoms with Gasteiger partial charge in [-0.1, -0.05) is 24.3 Å². The summed E-state index contributed by atoms with van der Waals surface area (Å²) < 4.78 is 10.9. The van der Waals surface area contributed by atoms with Crippen molar-refractivity contribution in [2.45, 2.75) is 25.9 Å². The van der Waals surface area contributed by atoms with Gasteiger partial charge in [0, 0.05) is 61.1 Å². The van der Waals surface area contributed by atoms with Crippen LogP contribution in [0.4, 0.5) is 5.69 Å². The summed E-state index contributed by atoms with van der Waals surface area (Å²) in [6, 6.07) is 16.6. The standard InChI is InChI=1S/C25H31N5O2/c1-4-26-25(28-16-19-8-5-7-18-9-6-11-27-24(18)19)29-20-10-12-30(17-20)21-13-22(31-2)15-23(14-21)32-3/h5-9,11,13-15,20H,4,10,12,16-17H2,1-3H3,(H2,26,28,29). The van der Waals surface area contributed by atoms with Crippen LogP contribution in [0.5, 0.6) is 11.5 Å². The Kier molecular flexibility index (Phi) is 6.94. The van der Waals surface area contributed by atoms with E-state index in [1.807, 2.05) is 18.3 Å². The van der Waals surface area contributed by atoms with Crippen molar-refractivity contribution in [1.29, 1.82) is 0 Å². The first-order valence-electron chi connectivity index (χ1n) is 11.1. The van der Waals surface area contributed by atoms with Gasteiger partial charge in [-0.3, -0.25) is 4.98 Å². The van der Waals surface area contributed by atoms with Gasteiger partial charge in [0.15, 0.2) is 5.96 Å². The molecule has 1 aliphatic rings. The number of hydrogen-bond acceptors (Lipinski definition) is 5. The van der Waals surface area contributed by atoms with Gasteiger partial charge >= 0.3 is 0 Å². The number of anilines is 1. The van der Waals surface area contributed by atoms with Crippen molar-refractivity contribution in [2.24, 2.45) is 4.99 Å². The predicted octanol–water partition coefficient (Wildman–Crippen LogP) is 3.59. The fourth-order valence-electron chi connectivity index (χ4n) is 4.06. The summed E-state index contributed by atoms with van der Waals surface area (Å²) in [6.07, 6.45) is 2.86. The molecule has 32 heavy (non-hydrogen) atoms. The number of nitrogens with one attached hydrogen (secondary N) is 2. The Morgan fingerprint density at radius 1 is 1.12 bits per heavy atom. The Morgan fingerprint density at radius 3 is 2.66 bits per heavy atom. The third-order valence-electron chi connectivity index (χ3n) is 5.70. The van der Waals surface area contributed by atoms with Crippen LogP contribution in [-0.4, -0.2) is 50.8 Å². The average molecular weight is 434 g/mol. The molecule has 0 amide bonds. The third-order valence-corrected chi connectivity index (χ3v) is 5.70. The third kappa shape index (κ3) is 5.04. The molecule has 2 heterocycles. The van der Waals surface area contributed by atoms with Crippen molar-refractivity contribution in [1.82, 2.24) is 15.6 Å². The second-order valence-electron chi connectivity index (χ2n) is 7.83. The number of aromatic nitrogens is 1. The summed E-state index contributed by atoms with van der Waals surface area (Å²) in [6.45, 7) is 5.31. The number of ether oxygens (including phenoxy) is 2. The summed E-state index contributed by atoms with van der Waals surface area (Å²) in [7, 11) is 3.36. The van der Waals surface area contributed by atoms with Gasteiger partial charge in [-0.25, -0.2) is 4.99 Å². The molecular formula is C25H31N5O2. The highest BCUT2D eigenvalue weighted by molar-refractivity contribution is 5.83. The van der Waals surface area contributed by atoms with Crippen molar-refractivity contribution >= 4 is 22.5 Å². The quantitative estimate of drug-likeness (QED) is 0.438. The first-order chi connectivity index (χ1) is 15.7. The number of benzene rings is 2. The predicted molar refractivity (Wildman–Crippen MR) is 130 cm³/mol. The van der Waals surface area contributed by atoms with E-state index in [1.165, 1.54) is 0 Å². The van der Waals surface area contributed by atoms with E-state index in [2.05, 4.69) is 63.8 Å². The molecule has 0 aliphatic carbocycles. The molecule has 0 bridgehead atoms. The molecule has 1 aromatic heterocycles. The van der Waals surface area contributed by atoms with Crippen molar-refractivity contribution in [3.05, 3.63) is 60.3 Å². The topological polar surface area (TPSA) is 71.0 Å². The smallest absolute Gasteiger partial charge is 0.191 e. The first-order valence-corrected chi connectivity index (χ1v) is 11.1. The van der Waals surface area contributed by atoms with E-state index in [0.717, 1.165) is 65.7 Å². The highest BCUT2D eigenvalue weighted by Crippen LogP contribution is 2.30. The zero-order chi connectivity index (χ0) is 22.3. The van der Waals surface area contributed by atoms with Crippen LogP contribution >= 0.6 is 0 Å². The van der Waals surface area contributed by atoms with E-state index in [9.17, 15) is 0 Å². The van der Waals surface area contributed by atoms with E-state index in [1.54, 1.807) is 14.2 Å². The van der Waals surface area contributed by atoms with E-state index >= 15 is 0 Å². The molecule has 0 spiro atoms. The zero-order valence-electron chi connectivity index (χ0n) is 19.0. The van der Waals surface area contributed by atoms with Crippen LogP contribution in [-0.2, 0) is 6.54 Å². The minimum atomic E-state index is 0.302. The van der Waals surface area contributed by atoms with Crippen molar-refractivity contribution < 1.29 is 9.47 Å². The van der Waals surface area contributed by atoms with Crippen LogP contribution in [0.2, 0.25) is 0 Å². The monoisotopic (exact) mass is 433 g/mol. The van der Waals surface area contributed by atoms with Crippen LogP contribution < -0.4 is 25.0 Å². The Bertz CT molecular complexity index is 1060. The van der Waals surface area contributed by atoms with Crippen molar-refractivity contribution in [3.8, 4) is 11.5 Å². The number of guanidine groups is 1. The minimum Gasteiger partial charge on any atom is -0.497 e. The van der Waals surface area contributed by atoms with Crippen LogP contribution in [0.1, 0.15) is 18.9 Å². The maximum absolute atomic E-state index is 5.43. The maximum Gasteiger partial charge on any atom is 0.191 e. The van der Waals surface area contributed by atoms with Gasteiger partial charge in [0.05, 0.1) is 26.3 Å². The number of para-hydroxylation sites is 1. The number of pyridine rings is 1. The van der Waals surface area contributed by atoms with Crippen LogP contribution in [0.25, 0.3) is 10.9 Å². The molecule has 1 atom stereocenters. The molecule has 2 N–H and O–H groups in total. The van der Waals surface area contributed by atoms with Crippen molar-refractivity contribution in [2.75, 3.05) is 38.8 Å². The van der Waals surface area contributed by atoms with Gasteiger partial charge in [-0.15, -0.1) is 0 Å². The lowest BCUT2D eigenvalue weighted by molar-refractivity contribution is 0.394. The van der Waals surface area contributed by atoms with E-state index in [0.29, 0.717) is 12.6 Å². The number of aliphatic imine (C=N–C) groups is 1. The number of methoxy groups -OCH3 is 2. The van der Waals surface area contributed by atoms with Gasteiger partial charge in [0.1, 0.15) is 11.5 Å². The fraction of sp³-hybridized carbons (Fsp3) is 0.360. The Hall–Kier alpha value is -3.48. The molecule has 1 aliphatic heterocycles. The van der Waals surface area contributed by atoms with E-state index in [-0.39, 0.29) is 0 Å². The average Bonchev–Trinajstić information content (AvgIpc) is 3.31. The Labute approximate surface area is 189 Å². The SMILES string of the molecule is CCNC(=NCc1cccc2cccnc12)NC1CCN(c2cc(OC)cc(OC)c2)C1. The van der Waals surface area contributed by atoms with Crippen LogP contribution in [0.3, 0.4) is 0 Å². The summed E-state index contributed by atoms with van der Waals surface area (Å²) in [4.78, 5) is 11.7. The molecule has 1 saturated heterocycles. The summed E-state index contributed by atoms with van der Waals surface area (Å²) >= 11 is 0. The van der Waals surface area contributed by atoms with Crippen LogP contribution in [0.15, 0.2) is 59.7 Å². The molecule has 3 aromatic rings. The minimum absolute atomic E-state index is 0.302. The molecule has 1 fully saturated rings. The van der Waals surface area contributed by atoms with E-state index in [4.69, 9.17) is 14.5 Å². The number of fused-ring (bicyclic) bond motifs is 1. The van der Waals surface area contributed by atoms with Crippen molar-refractivity contribution in [3.63, 3.8) is 0 Å². The van der Waals surface area contributed by atoms with Gasteiger partial charge in [-0.05, 0) is 25.0 Å². The highest BCUT2D eigenvalue weighted by atomic mass is 16.5. The van der Waals surface area contributed by atoms with E-state index < -0.39 is 0 Å². The molecule has 1 unspecified atom stereocenters. The number of rotatable bonds is 7. The molecule has 0 radical (unpaired) electrons. The molecular weight excluding hydrogens is 402 g/mol. The second-order valence-corrected chi connectivity index (χ2v) is 7.83. The molecule has 168 valence electrons. The fourth-order valence-corrected chi connectivity index (χ4v) is 4.06. The summed E-state index contributed by atoms with van der Waals surface area (Å²) in [5.41, 5.74) is 3.24. The number of hydrogen-bond donors (Lipinski definition) is 2. The maximum atomic E-state index is 5.43. The van der Waals surface area contributed by atoms with Crippen LogP contribution in [0, 0.1) is 0 Å². The molecule has 2 aromatic carbocycles. The molecule has 7 heteroatoms. The number of nitrogens with zero attached hydrogens (tertiary/aromatic N) is 3.